The molecule has 2 rings (SSSR count). The molecule has 0 unspecified atom stereocenters. The SMILES string of the molecule is Nc1cc([N+](=O)[O-])ccc1C(=O)OCC(=O)NCc1cccc(Cl)c1. The molecule has 0 aromatic heterocycles. The van der Waals surface area contributed by atoms with Crippen LogP contribution in [0.25, 0.3) is 0 Å². The van der Waals surface area contributed by atoms with Gasteiger partial charge in [-0.1, -0.05) is 23.7 Å². The van der Waals surface area contributed by atoms with Gasteiger partial charge in [-0.05, 0) is 23.8 Å². The second kappa shape index (κ2) is 8.11. The number of hydrogen-bond donors (Lipinski definition) is 2. The Morgan fingerprint density at radius 3 is 2.64 bits per heavy atom. The highest BCUT2D eigenvalue weighted by atomic mass is 35.5. The largest absolute Gasteiger partial charge is 0.452 e. The summed E-state index contributed by atoms with van der Waals surface area (Å²) in [5.41, 5.74) is 6.01. The number of nitrogen functional groups attached to an aromatic ring is 1. The number of ether oxygens (including phenoxy) is 1. The minimum Gasteiger partial charge on any atom is -0.452 e. The van der Waals surface area contributed by atoms with Gasteiger partial charge in [0.1, 0.15) is 0 Å². The molecule has 0 aliphatic rings. The molecule has 0 aliphatic heterocycles. The minimum absolute atomic E-state index is 0.0479. The van der Waals surface area contributed by atoms with E-state index < -0.39 is 23.4 Å². The molecule has 0 fully saturated rings. The molecule has 1 amide bonds. The zero-order valence-electron chi connectivity index (χ0n) is 12.9. The zero-order valence-corrected chi connectivity index (χ0v) is 13.7. The summed E-state index contributed by atoms with van der Waals surface area (Å²) in [5.74, 6) is -1.35. The number of esters is 1. The van der Waals surface area contributed by atoms with Crippen LogP contribution in [0.2, 0.25) is 5.02 Å². The molecule has 0 bridgehead atoms. The summed E-state index contributed by atoms with van der Waals surface area (Å²) in [6.07, 6.45) is 0. The van der Waals surface area contributed by atoms with Crippen molar-refractivity contribution in [1.29, 1.82) is 0 Å². The van der Waals surface area contributed by atoms with E-state index in [4.69, 9.17) is 22.1 Å². The number of rotatable bonds is 6. The van der Waals surface area contributed by atoms with Crippen molar-refractivity contribution in [3.63, 3.8) is 0 Å². The van der Waals surface area contributed by atoms with Gasteiger partial charge in [-0.3, -0.25) is 14.9 Å². The Bertz CT molecular complexity index is 825. The number of anilines is 1. The number of non-ortho nitro benzene ring substituents is 1. The number of nitrogens with zero attached hydrogens (tertiary/aromatic N) is 1. The Morgan fingerprint density at radius 1 is 1.24 bits per heavy atom. The van der Waals surface area contributed by atoms with E-state index in [0.717, 1.165) is 17.7 Å². The van der Waals surface area contributed by atoms with Crippen LogP contribution in [-0.2, 0) is 16.1 Å². The summed E-state index contributed by atoms with van der Waals surface area (Å²) >= 11 is 5.84. The molecule has 25 heavy (non-hydrogen) atoms. The molecule has 2 aromatic rings. The van der Waals surface area contributed by atoms with E-state index in [0.29, 0.717) is 5.02 Å². The van der Waals surface area contributed by atoms with Crippen LogP contribution in [0.3, 0.4) is 0 Å². The number of halogens is 1. The molecule has 9 heteroatoms. The van der Waals surface area contributed by atoms with Crippen molar-refractivity contribution in [1.82, 2.24) is 5.32 Å². The topological polar surface area (TPSA) is 125 Å². The number of benzene rings is 2. The fraction of sp³-hybridized carbons (Fsp3) is 0.125. The highest BCUT2D eigenvalue weighted by Gasteiger charge is 2.16. The number of nitrogens with two attached hydrogens (primary N) is 1. The molecule has 0 saturated carbocycles. The van der Waals surface area contributed by atoms with Crippen LogP contribution in [0.5, 0.6) is 0 Å². The van der Waals surface area contributed by atoms with Crippen LogP contribution in [0.15, 0.2) is 42.5 Å². The molecule has 0 aliphatic carbocycles. The Hall–Kier alpha value is -3.13. The summed E-state index contributed by atoms with van der Waals surface area (Å²) in [6.45, 7) is -0.271. The van der Waals surface area contributed by atoms with E-state index in [2.05, 4.69) is 5.32 Å². The highest BCUT2D eigenvalue weighted by Crippen LogP contribution is 2.20. The fourth-order valence-electron chi connectivity index (χ4n) is 1.96. The van der Waals surface area contributed by atoms with Gasteiger partial charge in [0, 0.05) is 23.7 Å². The first-order valence-corrected chi connectivity index (χ1v) is 7.47. The first-order valence-electron chi connectivity index (χ1n) is 7.09. The van der Waals surface area contributed by atoms with E-state index in [1.807, 2.05) is 0 Å². The lowest BCUT2D eigenvalue weighted by molar-refractivity contribution is -0.384. The lowest BCUT2D eigenvalue weighted by atomic mass is 10.1. The van der Waals surface area contributed by atoms with Gasteiger partial charge in [-0.2, -0.15) is 0 Å². The molecule has 0 spiro atoms. The first-order chi connectivity index (χ1) is 11.9. The Labute approximate surface area is 147 Å². The highest BCUT2D eigenvalue weighted by molar-refractivity contribution is 6.30. The standard InChI is InChI=1S/C16H14ClN3O5/c17-11-3-1-2-10(6-11)8-19-15(21)9-25-16(22)13-5-4-12(20(23)24)7-14(13)18/h1-7H,8-9,18H2,(H,19,21). The Kier molecular flexibility index (Phi) is 5.91. The van der Waals surface area contributed by atoms with Gasteiger partial charge in [0.15, 0.2) is 6.61 Å². The predicted molar refractivity (Wildman–Crippen MR) is 91.1 cm³/mol. The predicted octanol–water partition coefficient (Wildman–Crippen LogP) is 2.30. The molecule has 130 valence electrons. The number of carbonyl (C=O) groups excluding carboxylic acids is 2. The van der Waals surface area contributed by atoms with Crippen molar-refractivity contribution < 1.29 is 19.2 Å². The molecular formula is C16H14ClN3O5. The van der Waals surface area contributed by atoms with Gasteiger partial charge in [0.05, 0.1) is 16.2 Å². The van der Waals surface area contributed by atoms with Gasteiger partial charge >= 0.3 is 5.97 Å². The molecular weight excluding hydrogens is 350 g/mol. The second-order valence-electron chi connectivity index (χ2n) is 5.01. The second-order valence-corrected chi connectivity index (χ2v) is 5.45. The maximum absolute atomic E-state index is 11.9. The third-order valence-corrected chi connectivity index (χ3v) is 3.41. The molecule has 0 saturated heterocycles. The Morgan fingerprint density at radius 2 is 2.00 bits per heavy atom. The third-order valence-electron chi connectivity index (χ3n) is 3.18. The van der Waals surface area contributed by atoms with Crippen LogP contribution < -0.4 is 11.1 Å². The van der Waals surface area contributed by atoms with Crippen molar-refractivity contribution in [2.75, 3.05) is 12.3 Å². The lowest BCUT2D eigenvalue weighted by Crippen LogP contribution is -2.28. The molecule has 3 N–H and O–H groups in total. The maximum atomic E-state index is 11.9. The van der Waals surface area contributed by atoms with Crippen LogP contribution >= 0.6 is 11.6 Å². The van der Waals surface area contributed by atoms with Gasteiger partial charge < -0.3 is 15.8 Å². The lowest BCUT2D eigenvalue weighted by Gasteiger charge is -2.08. The van der Waals surface area contributed by atoms with Gasteiger partial charge in [-0.15, -0.1) is 0 Å². The van der Waals surface area contributed by atoms with Crippen LogP contribution in [0.1, 0.15) is 15.9 Å². The van der Waals surface area contributed by atoms with E-state index in [9.17, 15) is 19.7 Å². The van der Waals surface area contributed by atoms with Crippen molar-refractivity contribution in [2.45, 2.75) is 6.54 Å². The number of nitro benzene ring substituents is 1. The van der Waals surface area contributed by atoms with E-state index >= 15 is 0 Å². The minimum atomic E-state index is -0.842. The summed E-state index contributed by atoms with van der Waals surface area (Å²) in [6, 6.07) is 10.3. The number of nitro groups is 1. The average molecular weight is 364 g/mol. The van der Waals surface area contributed by atoms with Crippen molar-refractivity contribution in [3.8, 4) is 0 Å². The Balaban J connectivity index is 1.87. The van der Waals surface area contributed by atoms with E-state index in [-0.39, 0.29) is 23.5 Å². The molecule has 8 nitrogen and oxygen atoms in total. The van der Waals surface area contributed by atoms with Crippen molar-refractivity contribution in [3.05, 3.63) is 68.7 Å². The summed E-state index contributed by atoms with van der Waals surface area (Å²) in [7, 11) is 0. The van der Waals surface area contributed by atoms with Crippen molar-refractivity contribution in [2.24, 2.45) is 0 Å². The van der Waals surface area contributed by atoms with E-state index in [1.54, 1.807) is 24.3 Å². The normalized spacial score (nSPS) is 10.1. The number of nitrogens with one attached hydrogen (secondary N) is 1. The van der Waals surface area contributed by atoms with Crippen LogP contribution in [0, 0.1) is 10.1 Å². The number of amides is 1. The first kappa shape index (κ1) is 18.2. The summed E-state index contributed by atoms with van der Waals surface area (Å²) in [5, 5.41) is 13.8. The van der Waals surface area contributed by atoms with E-state index in [1.165, 1.54) is 6.07 Å². The molecule has 2 aromatic carbocycles. The van der Waals surface area contributed by atoms with Gasteiger partial charge in [-0.25, -0.2) is 4.79 Å². The number of carbonyl (C=O) groups is 2. The van der Waals surface area contributed by atoms with Gasteiger partial charge in [0.25, 0.3) is 11.6 Å². The van der Waals surface area contributed by atoms with Crippen molar-refractivity contribution >= 4 is 34.9 Å². The van der Waals surface area contributed by atoms with Gasteiger partial charge in [0.2, 0.25) is 0 Å². The monoisotopic (exact) mass is 363 g/mol. The third kappa shape index (κ3) is 5.18. The van der Waals surface area contributed by atoms with Crippen LogP contribution in [-0.4, -0.2) is 23.4 Å². The molecule has 0 atom stereocenters. The quantitative estimate of drug-likeness (QED) is 0.351. The fourth-order valence-corrected chi connectivity index (χ4v) is 2.17. The molecule has 0 radical (unpaired) electrons. The van der Waals surface area contributed by atoms with Crippen LogP contribution in [0.4, 0.5) is 11.4 Å². The number of hydrogen-bond acceptors (Lipinski definition) is 6. The summed E-state index contributed by atoms with van der Waals surface area (Å²) in [4.78, 5) is 33.6. The maximum Gasteiger partial charge on any atom is 0.340 e. The molecule has 0 heterocycles. The average Bonchev–Trinajstić information content (AvgIpc) is 2.57. The zero-order chi connectivity index (χ0) is 18.4. The summed E-state index contributed by atoms with van der Waals surface area (Å²) < 4.78 is 4.86. The smallest absolute Gasteiger partial charge is 0.340 e.